The lowest BCUT2D eigenvalue weighted by molar-refractivity contribution is 0.150. The number of nitrogen functional groups attached to an aromatic ring is 1. The summed E-state index contributed by atoms with van der Waals surface area (Å²) in [5.41, 5.74) is 7.37. The number of aromatic nitrogens is 1. The molecule has 0 aromatic carbocycles. The Balaban J connectivity index is 1.66. The van der Waals surface area contributed by atoms with Crippen LogP contribution in [-0.4, -0.2) is 31.2 Å². The van der Waals surface area contributed by atoms with Gasteiger partial charge in [0.15, 0.2) is 0 Å². The lowest BCUT2D eigenvalue weighted by atomic mass is 9.72. The number of anilines is 2. The van der Waals surface area contributed by atoms with Gasteiger partial charge >= 0.3 is 0 Å². The molecular weight excluding hydrogens is 200 g/mol. The van der Waals surface area contributed by atoms with Crippen molar-refractivity contribution in [3.8, 4) is 0 Å². The third-order valence-corrected chi connectivity index (χ3v) is 3.85. The molecule has 2 fully saturated rings. The van der Waals surface area contributed by atoms with Gasteiger partial charge in [0.25, 0.3) is 0 Å². The number of nitrogens with one attached hydrogen (secondary N) is 1. The van der Waals surface area contributed by atoms with Gasteiger partial charge in [-0.25, -0.2) is 4.98 Å². The van der Waals surface area contributed by atoms with E-state index in [0.29, 0.717) is 11.2 Å². The molecule has 3 rings (SSSR count). The van der Waals surface area contributed by atoms with Gasteiger partial charge in [0.05, 0.1) is 11.9 Å². The fraction of sp³-hybridized carbons (Fsp3) is 0.583. The summed E-state index contributed by atoms with van der Waals surface area (Å²) in [5, 5.41) is 3.42. The SMILES string of the molecule is Nc1ccc(N2CC3(CCNCC3)C2)cn1. The molecule has 86 valence electrons. The minimum Gasteiger partial charge on any atom is -0.384 e. The lowest BCUT2D eigenvalue weighted by Crippen LogP contribution is -2.60. The Labute approximate surface area is 95.8 Å². The predicted molar refractivity (Wildman–Crippen MR) is 65.4 cm³/mol. The van der Waals surface area contributed by atoms with Gasteiger partial charge in [0.2, 0.25) is 0 Å². The molecule has 1 aromatic heterocycles. The number of hydrogen-bond acceptors (Lipinski definition) is 4. The molecule has 0 radical (unpaired) electrons. The average Bonchev–Trinajstić information content (AvgIpc) is 2.28. The molecule has 0 bridgehead atoms. The average molecular weight is 218 g/mol. The molecule has 0 unspecified atom stereocenters. The predicted octanol–water partition coefficient (Wildman–Crippen LogP) is 0.854. The molecule has 2 aliphatic rings. The summed E-state index contributed by atoms with van der Waals surface area (Å²) in [6.07, 6.45) is 4.50. The summed E-state index contributed by atoms with van der Waals surface area (Å²) in [6.45, 7) is 4.71. The quantitative estimate of drug-likeness (QED) is 0.734. The zero-order valence-corrected chi connectivity index (χ0v) is 9.45. The van der Waals surface area contributed by atoms with E-state index in [1.165, 1.54) is 44.7 Å². The first kappa shape index (κ1) is 9.90. The first-order valence-electron chi connectivity index (χ1n) is 5.95. The van der Waals surface area contributed by atoms with E-state index in [1.54, 1.807) is 0 Å². The minimum atomic E-state index is 0.576. The molecule has 0 aliphatic carbocycles. The van der Waals surface area contributed by atoms with Gasteiger partial charge in [-0.05, 0) is 38.1 Å². The van der Waals surface area contributed by atoms with Crippen LogP contribution < -0.4 is 16.0 Å². The van der Waals surface area contributed by atoms with Crippen molar-refractivity contribution in [1.29, 1.82) is 0 Å². The summed E-state index contributed by atoms with van der Waals surface area (Å²) in [6, 6.07) is 3.94. The van der Waals surface area contributed by atoms with E-state index in [4.69, 9.17) is 5.73 Å². The van der Waals surface area contributed by atoms with Crippen molar-refractivity contribution in [2.24, 2.45) is 5.41 Å². The molecule has 1 spiro atoms. The van der Waals surface area contributed by atoms with Crippen molar-refractivity contribution in [2.45, 2.75) is 12.8 Å². The van der Waals surface area contributed by atoms with E-state index in [0.717, 1.165) is 0 Å². The number of rotatable bonds is 1. The first-order chi connectivity index (χ1) is 7.77. The first-order valence-corrected chi connectivity index (χ1v) is 5.95. The van der Waals surface area contributed by atoms with Gasteiger partial charge in [0.1, 0.15) is 5.82 Å². The lowest BCUT2D eigenvalue weighted by Gasteiger charge is -2.53. The molecule has 2 aliphatic heterocycles. The molecule has 0 amide bonds. The summed E-state index contributed by atoms with van der Waals surface area (Å²) in [7, 11) is 0. The second-order valence-electron chi connectivity index (χ2n) is 5.05. The molecule has 3 N–H and O–H groups in total. The molecule has 1 aromatic rings. The highest BCUT2D eigenvalue weighted by Crippen LogP contribution is 2.40. The summed E-state index contributed by atoms with van der Waals surface area (Å²) in [4.78, 5) is 6.54. The van der Waals surface area contributed by atoms with Crippen LogP contribution in [0.2, 0.25) is 0 Å². The Morgan fingerprint density at radius 1 is 1.25 bits per heavy atom. The van der Waals surface area contributed by atoms with Crippen molar-refractivity contribution in [3.63, 3.8) is 0 Å². The Bertz CT molecular complexity index is 359. The molecule has 3 heterocycles. The molecule has 4 heteroatoms. The number of nitrogens with zero attached hydrogens (tertiary/aromatic N) is 2. The third-order valence-electron chi connectivity index (χ3n) is 3.85. The zero-order chi connectivity index (χ0) is 11.0. The zero-order valence-electron chi connectivity index (χ0n) is 9.45. The molecular formula is C12H18N4. The normalized spacial score (nSPS) is 23.1. The maximum absolute atomic E-state index is 5.58. The van der Waals surface area contributed by atoms with Crippen LogP contribution in [-0.2, 0) is 0 Å². The molecule has 4 nitrogen and oxygen atoms in total. The largest absolute Gasteiger partial charge is 0.384 e. The summed E-state index contributed by atoms with van der Waals surface area (Å²) < 4.78 is 0. The highest BCUT2D eigenvalue weighted by atomic mass is 15.2. The molecule has 0 saturated carbocycles. The Morgan fingerprint density at radius 2 is 2.00 bits per heavy atom. The standard InChI is InChI=1S/C12H18N4/c13-11-2-1-10(7-15-11)16-8-12(9-16)3-5-14-6-4-12/h1-2,7,14H,3-6,8-9H2,(H2,13,15). The molecule has 0 atom stereocenters. The number of pyridine rings is 1. The van der Waals surface area contributed by atoms with Gasteiger partial charge < -0.3 is 16.0 Å². The van der Waals surface area contributed by atoms with Crippen molar-refractivity contribution in [3.05, 3.63) is 18.3 Å². The van der Waals surface area contributed by atoms with E-state index in [-0.39, 0.29) is 0 Å². The van der Waals surface area contributed by atoms with Crippen LogP contribution in [0.5, 0.6) is 0 Å². The Morgan fingerprint density at radius 3 is 2.62 bits per heavy atom. The van der Waals surface area contributed by atoms with Gasteiger partial charge in [-0.15, -0.1) is 0 Å². The van der Waals surface area contributed by atoms with E-state index in [1.807, 2.05) is 12.3 Å². The third kappa shape index (κ3) is 1.63. The van der Waals surface area contributed by atoms with E-state index >= 15 is 0 Å². The van der Waals surface area contributed by atoms with Gasteiger partial charge in [0, 0.05) is 18.5 Å². The number of piperidine rings is 1. The van der Waals surface area contributed by atoms with Crippen LogP contribution in [0, 0.1) is 5.41 Å². The van der Waals surface area contributed by atoms with Crippen LogP contribution in [0.25, 0.3) is 0 Å². The summed E-state index contributed by atoms with van der Waals surface area (Å²) >= 11 is 0. The second-order valence-corrected chi connectivity index (χ2v) is 5.05. The topological polar surface area (TPSA) is 54.2 Å². The fourth-order valence-corrected chi connectivity index (χ4v) is 2.80. The maximum atomic E-state index is 5.58. The number of nitrogens with two attached hydrogens (primary N) is 1. The van der Waals surface area contributed by atoms with Gasteiger partial charge in [-0.2, -0.15) is 0 Å². The van der Waals surface area contributed by atoms with Crippen molar-refractivity contribution < 1.29 is 0 Å². The van der Waals surface area contributed by atoms with E-state index in [9.17, 15) is 0 Å². The smallest absolute Gasteiger partial charge is 0.123 e. The highest BCUT2D eigenvalue weighted by Gasteiger charge is 2.43. The van der Waals surface area contributed by atoms with Crippen molar-refractivity contribution in [2.75, 3.05) is 36.8 Å². The highest BCUT2D eigenvalue weighted by molar-refractivity contribution is 5.51. The number of hydrogen-bond donors (Lipinski definition) is 2. The van der Waals surface area contributed by atoms with Gasteiger partial charge in [-0.3, -0.25) is 0 Å². The van der Waals surface area contributed by atoms with E-state index in [2.05, 4.69) is 21.3 Å². The van der Waals surface area contributed by atoms with Crippen LogP contribution >= 0.6 is 0 Å². The van der Waals surface area contributed by atoms with Gasteiger partial charge in [-0.1, -0.05) is 0 Å². The van der Waals surface area contributed by atoms with Crippen molar-refractivity contribution in [1.82, 2.24) is 10.3 Å². The van der Waals surface area contributed by atoms with E-state index < -0.39 is 0 Å². The van der Waals surface area contributed by atoms with Crippen LogP contribution in [0.4, 0.5) is 11.5 Å². The fourth-order valence-electron chi connectivity index (χ4n) is 2.80. The monoisotopic (exact) mass is 218 g/mol. The van der Waals surface area contributed by atoms with Crippen molar-refractivity contribution >= 4 is 11.5 Å². The molecule has 16 heavy (non-hydrogen) atoms. The molecule has 2 saturated heterocycles. The summed E-state index contributed by atoms with van der Waals surface area (Å²) in [5.74, 6) is 0.598. The van der Waals surface area contributed by atoms with Crippen LogP contribution in [0.1, 0.15) is 12.8 Å². The Hall–Kier alpha value is -1.29. The second kappa shape index (κ2) is 3.63. The van der Waals surface area contributed by atoms with Crippen LogP contribution in [0.15, 0.2) is 18.3 Å². The minimum absolute atomic E-state index is 0.576. The van der Waals surface area contributed by atoms with Crippen LogP contribution in [0.3, 0.4) is 0 Å². The maximum Gasteiger partial charge on any atom is 0.123 e. The Kier molecular flexibility index (Phi) is 2.24.